The number of phenols is 1. The van der Waals surface area contributed by atoms with E-state index in [-0.39, 0.29) is 5.75 Å². The van der Waals surface area contributed by atoms with Crippen molar-refractivity contribution in [1.82, 2.24) is 5.43 Å². The predicted molar refractivity (Wildman–Crippen MR) is 116 cm³/mol. The number of hydrogen-bond donors (Lipinski definition) is 3. The molecule has 0 atom stereocenters. The summed E-state index contributed by atoms with van der Waals surface area (Å²) in [5.41, 5.74) is 3.69. The van der Waals surface area contributed by atoms with Crippen LogP contribution in [0, 0.1) is 13.8 Å². The van der Waals surface area contributed by atoms with Gasteiger partial charge in [0, 0.05) is 5.56 Å². The van der Waals surface area contributed by atoms with Crippen molar-refractivity contribution < 1.29 is 19.7 Å². The van der Waals surface area contributed by atoms with Gasteiger partial charge in [-0.1, -0.05) is 65.7 Å². The molecule has 0 aliphatic heterocycles. The zero-order chi connectivity index (χ0) is 21.7. The van der Waals surface area contributed by atoms with E-state index < -0.39 is 11.5 Å². The molecular weight excluding hydrogens is 380 g/mol. The van der Waals surface area contributed by atoms with Gasteiger partial charge in [0.05, 0.1) is 13.3 Å². The Bertz CT molecular complexity index is 1010. The number of nitrogens with one attached hydrogen (secondary N) is 1. The third-order valence-corrected chi connectivity index (χ3v) is 4.89. The number of hydrazone groups is 1. The molecule has 1 amide bonds. The van der Waals surface area contributed by atoms with E-state index in [0.717, 1.165) is 11.1 Å². The molecule has 0 unspecified atom stereocenters. The largest absolute Gasteiger partial charge is 0.504 e. The topological polar surface area (TPSA) is 91.2 Å². The second-order valence-corrected chi connectivity index (χ2v) is 7.04. The van der Waals surface area contributed by atoms with Crippen molar-refractivity contribution in [1.29, 1.82) is 0 Å². The summed E-state index contributed by atoms with van der Waals surface area (Å²) < 4.78 is 5.06. The van der Waals surface area contributed by atoms with E-state index in [1.807, 2.05) is 38.1 Å². The van der Waals surface area contributed by atoms with E-state index in [9.17, 15) is 15.0 Å². The number of phenolic OH excluding ortho intramolecular Hbond substituents is 1. The first kappa shape index (κ1) is 21.1. The molecule has 0 aliphatic rings. The lowest BCUT2D eigenvalue weighted by molar-refractivity contribution is -0.136. The van der Waals surface area contributed by atoms with Crippen LogP contribution in [0.5, 0.6) is 11.5 Å². The van der Waals surface area contributed by atoms with Crippen LogP contribution in [0.3, 0.4) is 0 Å². The van der Waals surface area contributed by atoms with Crippen molar-refractivity contribution in [3.8, 4) is 11.5 Å². The summed E-state index contributed by atoms with van der Waals surface area (Å²) in [6.07, 6.45) is 1.29. The molecule has 0 aliphatic carbocycles. The molecule has 0 heterocycles. The number of hydrogen-bond acceptors (Lipinski definition) is 5. The van der Waals surface area contributed by atoms with Gasteiger partial charge in [-0.15, -0.1) is 0 Å². The molecule has 0 fully saturated rings. The van der Waals surface area contributed by atoms with Gasteiger partial charge in [-0.2, -0.15) is 5.10 Å². The van der Waals surface area contributed by atoms with Crippen LogP contribution in [0.1, 0.15) is 27.8 Å². The number of aliphatic hydroxyl groups is 1. The number of benzene rings is 3. The van der Waals surface area contributed by atoms with Crippen molar-refractivity contribution in [2.24, 2.45) is 5.10 Å². The van der Waals surface area contributed by atoms with Crippen molar-refractivity contribution in [2.45, 2.75) is 19.4 Å². The second-order valence-electron chi connectivity index (χ2n) is 7.04. The minimum Gasteiger partial charge on any atom is -0.504 e. The SMILES string of the molecule is COc1cccc(/C=N\NC(=O)C(O)(c2ccc(C)cc2)c2ccc(C)cc2)c1O. The molecule has 0 radical (unpaired) electrons. The molecule has 0 bridgehead atoms. The predicted octanol–water partition coefficient (Wildman–Crippen LogP) is 3.40. The first-order chi connectivity index (χ1) is 14.4. The lowest BCUT2D eigenvalue weighted by Gasteiger charge is -2.27. The number of ether oxygens (including phenoxy) is 1. The van der Waals surface area contributed by atoms with Gasteiger partial charge >= 0.3 is 0 Å². The number of nitrogens with zero attached hydrogens (tertiary/aromatic N) is 1. The fourth-order valence-electron chi connectivity index (χ4n) is 3.07. The number of carbonyl (C=O) groups excluding carboxylic acids is 1. The molecule has 0 aromatic heterocycles. The molecule has 3 rings (SSSR count). The van der Waals surface area contributed by atoms with E-state index in [4.69, 9.17) is 4.74 Å². The van der Waals surface area contributed by atoms with Crippen molar-refractivity contribution >= 4 is 12.1 Å². The van der Waals surface area contributed by atoms with Gasteiger partial charge in [0.1, 0.15) is 0 Å². The number of amides is 1. The maximum absolute atomic E-state index is 13.1. The molecule has 3 N–H and O–H groups in total. The number of rotatable bonds is 6. The minimum atomic E-state index is -1.94. The highest BCUT2D eigenvalue weighted by atomic mass is 16.5. The van der Waals surface area contributed by atoms with Gasteiger partial charge in [0.15, 0.2) is 17.1 Å². The first-order valence-corrected chi connectivity index (χ1v) is 9.42. The quantitative estimate of drug-likeness (QED) is 0.434. The Kier molecular flexibility index (Phi) is 6.18. The Hall–Kier alpha value is -3.64. The molecular formula is C24H24N2O4. The van der Waals surface area contributed by atoms with E-state index >= 15 is 0 Å². The molecule has 6 nitrogen and oxygen atoms in total. The Balaban J connectivity index is 1.93. The summed E-state index contributed by atoms with van der Waals surface area (Å²) in [5.74, 6) is -0.514. The molecule has 0 saturated carbocycles. The van der Waals surface area contributed by atoms with Crippen LogP contribution in [0.2, 0.25) is 0 Å². The maximum Gasteiger partial charge on any atom is 0.281 e. The van der Waals surface area contributed by atoms with Crippen LogP contribution < -0.4 is 10.2 Å². The van der Waals surface area contributed by atoms with E-state index in [0.29, 0.717) is 22.4 Å². The standard InChI is InChI=1S/C24H24N2O4/c1-16-7-11-19(12-8-16)24(29,20-13-9-17(2)10-14-20)23(28)26-25-15-18-5-4-6-21(30-3)22(18)27/h4-15,27,29H,1-3H3,(H,26,28)/b25-15-. The zero-order valence-corrected chi connectivity index (χ0v) is 17.1. The minimum absolute atomic E-state index is 0.0923. The Morgan fingerprint density at radius 3 is 2.00 bits per heavy atom. The number of para-hydroxylation sites is 1. The summed E-state index contributed by atoms with van der Waals surface area (Å²) in [4.78, 5) is 13.1. The van der Waals surface area contributed by atoms with Gasteiger partial charge in [0.2, 0.25) is 0 Å². The van der Waals surface area contributed by atoms with Crippen LogP contribution >= 0.6 is 0 Å². The third-order valence-electron chi connectivity index (χ3n) is 4.89. The van der Waals surface area contributed by atoms with Gasteiger partial charge in [-0.05, 0) is 37.1 Å². The maximum atomic E-state index is 13.1. The highest BCUT2D eigenvalue weighted by Gasteiger charge is 2.40. The first-order valence-electron chi connectivity index (χ1n) is 9.42. The molecule has 3 aromatic carbocycles. The Labute approximate surface area is 175 Å². The van der Waals surface area contributed by atoms with Crippen molar-refractivity contribution in [3.05, 3.63) is 94.5 Å². The summed E-state index contributed by atoms with van der Waals surface area (Å²) in [6.45, 7) is 3.86. The number of aryl methyl sites for hydroxylation is 2. The van der Waals surface area contributed by atoms with Gasteiger partial charge in [-0.25, -0.2) is 5.43 Å². The molecule has 6 heteroatoms. The Morgan fingerprint density at radius 2 is 1.50 bits per heavy atom. The molecule has 30 heavy (non-hydrogen) atoms. The molecule has 3 aromatic rings. The average molecular weight is 404 g/mol. The number of aromatic hydroxyl groups is 1. The number of carbonyl (C=O) groups is 1. The summed E-state index contributed by atoms with van der Waals surface area (Å²) >= 11 is 0. The zero-order valence-electron chi connectivity index (χ0n) is 17.1. The smallest absolute Gasteiger partial charge is 0.281 e. The van der Waals surface area contributed by atoms with Gasteiger partial charge in [-0.3, -0.25) is 4.79 Å². The van der Waals surface area contributed by atoms with E-state index in [1.165, 1.54) is 13.3 Å². The second kappa shape index (κ2) is 8.80. The highest BCUT2D eigenvalue weighted by molar-refractivity contribution is 5.91. The van der Waals surface area contributed by atoms with Crippen LogP contribution in [0.15, 0.2) is 71.8 Å². The monoisotopic (exact) mass is 404 g/mol. The lowest BCUT2D eigenvalue weighted by atomic mass is 9.85. The fraction of sp³-hybridized carbons (Fsp3) is 0.167. The Morgan fingerprint density at radius 1 is 0.967 bits per heavy atom. The fourth-order valence-corrected chi connectivity index (χ4v) is 3.07. The van der Waals surface area contributed by atoms with Crippen LogP contribution in [-0.4, -0.2) is 29.4 Å². The van der Waals surface area contributed by atoms with Gasteiger partial charge in [0.25, 0.3) is 5.91 Å². The normalized spacial score (nSPS) is 11.5. The van der Waals surface area contributed by atoms with Crippen LogP contribution in [-0.2, 0) is 10.4 Å². The van der Waals surface area contributed by atoms with Crippen molar-refractivity contribution in [3.63, 3.8) is 0 Å². The van der Waals surface area contributed by atoms with E-state index in [1.54, 1.807) is 42.5 Å². The molecule has 0 spiro atoms. The van der Waals surface area contributed by atoms with Crippen molar-refractivity contribution in [2.75, 3.05) is 7.11 Å². The summed E-state index contributed by atoms with van der Waals surface area (Å²) in [7, 11) is 1.45. The summed E-state index contributed by atoms with van der Waals surface area (Å²) in [6, 6.07) is 19.1. The third kappa shape index (κ3) is 4.18. The molecule has 0 saturated heterocycles. The molecule has 154 valence electrons. The number of methoxy groups -OCH3 is 1. The lowest BCUT2D eigenvalue weighted by Crippen LogP contribution is -2.43. The van der Waals surface area contributed by atoms with E-state index in [2.05, 4.69) is 10.5 Å². The van der Waals surface area contributed by atoms with Crippen LogP contribution in [0.4, 0.5) is 0 Å². The van der Waals surface area contributed by atoms with Gasteiger partial charge < -0.3 is 14.9 Å². The highest BCUT2D eigenvalue weighted by Crippen LogP contribution is 2.31. The summed E-state index contributed by atoms with van der Waals surface area (Å²) in [5, 5.41) is 25.6. The van der Waals surface area contributed by atoms with Crippen LogP contribution in [0.25, 0.3) is 0 Å². The average Bonchev–Trinajstić information content (AvgIpc) is 2.75.